The summed E-state index contributed by atoms with van der Waals surface area (Å²) in [5, 5.41) is 22.7. The second-order valence-corrected chi connectivity index (χ2v) is 7.23. The monoisotopic (exact) mass is 368 g/mol. The topological polar surface area (TPSA) is 110 Å². The van der Waals surface area contributed by atoms with Crippen molar-refractivity contribution < 1.29 is 9.59 Å². The molecule has 8 nitrogen and oxygen atoms in total. The predicted molar refractivity (Wildman–Crippen MR) is 94.3 cm³/mol. The molecule has 1 aliphatic carbocycles. The van der Waals surface area contributed by atoms with Gasteiger partial charge in [-0.05, 0) is 12.8 Å². The number of hydrogen-bond donors (Lipinski definition) is 2. The summed E-state index contributed by atoms with van der Waals surface area (Å²) in [7, 11) is 0. The number of aromatic nitrogens is 4. The first-order valence-electron chi connectivity index (χ1n) is 7.69. The van der Waals surface area contributed by atoms with Crippen LogP contribution in [-0.4, -0.2) is 32.2 Å². The molecule has 0 aliphatic heterocycles. The standard InChI is InChI=1S/C10H15N3OS.C4H5N3OS/c1-7(14)11-10-13-12-9(15-10)8-5-3-2-4-6-8;1-3(8)6-4-7-5-2-9-4/h8H,2-6H2,1H3,(H,11,13,14);2H,1H3,(H,6,7,8). The van der Waals surface area contributed by atoms with Crippen LogP contribution in [0.5, 0.6) is 0 Å². The number of anilines is 2. The molecule has 0 atom stereocenters. The Hall–Kier alpha value is -1.94. The van der Waals surface area contributed by atoms with Crippen LogP contribution in [0, 0.1) is 0 Å². The zero-order chi connectivity index (χ0) is 17.4. The number of amides is 2. The minimum atomic E-state index is -0.119. The van der Waals surface area contributed by atoms with E-state index in [1.807, 2.05) is 0 Å². The smallest absolute Gasteiger partial charge is 0.223 e. The van der Waals surface area contributed by atoms with Crippen molar-refractivity contribution in [3.05, 3.63) is 10.5 Å². The molecule has 2 aromatic rings. The Balaban J connectivity index is 0.000000198. The molecule has 1 aliphatic rings. The van der Waals surface area contributed by atoms with Crippen molar-refractivity contribution in [3.63, 3.8) is 0 Å². The number of hydrogen-bond acceptors (Lipinski definition) is 8. The number of rotatable bonds is 3. The fourth-order valence-electron chi connectivity index (χ4n) is 2.33. The Morgan fingerprint density at radius 1 is 1.00 bits per heavy atom. The molecule has 24 heavy (non-hydrogen) atoms. The quantitative estimate of drug-likeness (QED) is 0.861. The first-order chi connectivity index (χ1) is 11.5. The summed E-state index contributed by atoms with van der Waals surface area (Å²) in [5.41, 5.74) is 1.56. The molecule has 1 fully saturated rings. The lowest BCUT2D eigenvalue weighted by Crippen LogP contribution is -2.04. The van der Waals surface area contributed by atoms with Gasteiger partial charge in [0.1, 0.15) is 10.5 Å². The van der Waals surface area contributed by atoms with Gasteiger partial charge in [0, 0.05) is 19.8 Å². The maximum absolute atomic E-state index is 10.8. The molecule has 3 rings (SSSR count). The molecule has 2 heterocycles. The van der Waals surface area contributed by atoms with E-state index in [4.69, 9.17) is 0 Å². The molecule has 2 amide bonds. The molecule has 0 spiro atoms. The lowest BCUT2D eigenvalue weighted by molar-refractivity contribution is -0.115. The zero-order valence-corrected chi connectivity index (χ0v) is 15.2. The van der Waals surface area contributed by atoms with Crippen molar-refractivity contribution in [3.8, 4) is 0 Å². The van der Waals surface area contributed by atoms with Crippen LogP contribution in [0.4, 0.5) is 10.3 Å². The van der Waals surface area contributed by atoms with Gasteiger partial charge in [0.2, 0.25) is 22.1 Å². The molecule has 10 heteroatoms. The van der Waals surface area contributed by atoms with E-state index in [1.165, 1.54) is 68.6 Å². The lowest BCUT2D eigenvalue weighted by atomic mass is 9.90. The SMILES string of the molecule is CC(=O)Nc1nnc(C2CCCCC2)s1.CC(=O)Nc1nncs1. The van der Waals surface area contributed by atoms with E-state index in [0.29, 0.717) is 16.2 Å². The predicted octanol–water partition coefficient (Wildman–Crippen LogP) is 3.04. The lowest BCUT2D eigenvalue weighted by Gasteiger charge is -2.18. The molecule has 2 N–H and O–H groups in total. The second-order valence-electron chi connectivity index (χ2n) is 5.39. The van der Waals surface area contributed by atoms with E-state index in [2.05, 4.69) is 31.0 Å². The third-order valence-electron chi connectivity index (χ3n) is 3.32. The van der Waals surface area contributed by atoms with Gasteiger partial charge in [0.25, 0.3) is 0 Å². The fourth-order valence-corrected chi connectivity index (χ4v) is 3.78. The van der Waals surface area contributed by atoms with Crippen molar-refractivity contribution in [1.29, 1.82) is 0 Å². The molecule has 0 aromatic carbocycles. The van der Waals surface area contributed by atoms with Gasteiger partial charge in [-0.2, -0.15) is 0 Å². The summed E-state index contributed by atoms with van der Waals surface area (Å²) < 4.78 is 0. The van der Waals surface area contributed by atoms with Gasteiger partial charge in [0.05, 0.1) is 0 Å². The number of nitrogens with zero attached hydrogens (tertiary/aromatic N) is 4. The van der Waals surface area contributed by atoms with Crippen LogP contribution < -0.4 is 10.6 Å². The minimum Gasteiger partial charge on any atom is -0.301 e. The molecule has 0 bridgehead atoms. The molecule has 0 radical (unpaired) electrons. The van der Waals surface area contributed by atoms with Crippen molar-refractivity contribution >= 4 is 44.8 Å². The van der Waals surface area contributed by atoms with Crippen LogP contribution in [0.2, 0.25) is 0 Å². The third-order valence-corrected chi connectivity index (χ3v) is 4.93. The molecular formula is C14H20N6O2S2. The van der Waals surface area contributed by atoms with Crippen molar-refractivity contribution in [2.24, 2.45) is 0 Å². The normalized spacial score (nSPS) is 14.4. The molecule has 2 aromatic heterocycles. The van der Waals surface area contributed by atoms with Crippen LogP contribution in [0.1, 0.15) is 56.9 Å². The number of carbonyl (C=O) groups excluding carboxylic acids is 2. The molecule has 0 saturated heterocycles. The molecule has 130 valence electrons. The van der Waals surface area contributed by atoms with E-state index in [0.717, 1.165) is 5.01 Å². The summed E-state index contributed by atoms with van der Waals surface area (Å²) in [5.74, 6) is 0.367. The van der Waals surface area contributed by atoms with E-state index >= 15 is 0 Å². The average Bonchev–Trinajstić information content (AvgIpc) is 3.20. The van der Waals surface area contributed by atoms with E-state index < -0.39 is 0 Å². The van der Waals surface area contributed by atoms with Crippen molar-refractivity contribution in [2.45, 2.75) is 51.9 Å². The number of carbonyl (C=O) groups is 2. The summed E-state index contributed by atoms with van der Waals surface area (Å²) in [4.78, 5) is 21.2. The van der Waals surface area contributed by atoms with Gasteiger partial charge in [-0.25, -0.2) is 0 Å². The molecule has 1 saturated carbocycles. The average molecular weight is 368 g/mol. The first kappa shape index (κ1) is 18.4. The molecule has 0 unspecified atom stereocenters. The second kappa shape index (κ2) is 9.38. The van der Waals surface area contributed by atoms with Gasteiger partial charge >= 0.3 is 0 Å². The van der Waals surface area contributed by atoms with Crippen LogP contribution in [-0.2, 0) is 9.59 Å². The minimum absolute atomic E-state index is 0.0821. The highest BCUT2D eigenvalue weighted by atomic mass is 32.1. The Morgan fingerprint density at radius 2 is 1.67 bits per heavy atom. The fraction of sp³-hybridized carbons (Fsp3) is 0.571. The van der Waals surface area contributed by atoms with Crippen LogP contribution >= 0.6 is 22.7 Å². The third kappa shape index (κ3) is 6.28. The van der Waals surface area contributed by atoms with Gasteiger partial charge < -0.3 is 10.6 Å². The van der Waals surface area contributed by atoms with E-state index in [1.54, 1.807) is 5.51 Å². The van der Waals surface area contributed by atoms with Crippen LogP contribution in [0.25, 0.3) is 0 Å². The van der Waals surface area contributed by atoms with Gasteiger partial charge in [-0.15, -0.1) is 20.4 Å². The van der Waals surface area contributed by atoms with Gasteiger partial charge in [-0.1, -0.05) is 41.9 Å². The van der Waals surface area contributed by atoms with Gasteiger partial charge in [-0.3, -0.25) is 9.59 Å². The summed E-state index contributed by atoms with van der Waals surface area (Å²) in [6.45, 7) is 2.92. The summed E-state index contributed by atoms with van der Waals surface area (Å²) >= 11 is 2.81. The van der Waals surface area contributed by atoms with E-state index in [-0.39, 0.29) is 11.8 Å². The maximum atomic E-state index is 10.8. The largest absolute Gasteiger partial charge is 0.301 e. The Bertz CT molecular complexity index is 652. The van der Waals surface area contributed by atoms with Gasteiger partial charge in [0.15, 0.2) is 0 Å². The first-order valence-corrected chi connectivity index (χ1v) is 9.39. The maximum Gasteiger partial charge on any atom is 0.223 e. The Labute approximate surface area is 148 Å². The highest BCUT2D eigenvalue weighted by molar-refractivity contribution is 7.15. The van der Waals surface area contributed by atoms with Crippen molar-refractivity contribution in [1.82, 2.24) is 20.4 Å². The summed E-state index contributed by atoms with van der Waals surface area (Å²) in [6, 6.07) is 0. The van der Waals surface area contributed by atoms with E-state index in [9.17, 15) is 9.59 Å². The highest BCUT2D eigenvalue weighted by Crippen LogP contribution is 2.34. The zero-order valence-electron chi connectivity index (χ0n) is 13.6. The summed E-state index contributed by atoms with van der Waals surface area (Å²) in [6.07, 6.45) is 6.36. The number of nitrogens with one attached hydrogen (secondary N) is 2. The van der Waals surface area contributed by atoms with Crippen LogP contribution in [0.15, 0.2) is 5.51 Å². The van der Waals surface area contributed by atoms with Crippen molar-refractivity contribution in [2.75, 3.05) is 10.6 Å². The Kier molecular flexibility index (Phi) is 7.19. The Morgan fingerprint density at radius 3 is 2.25 bits per heavy atom. The highest BCUT2D eigenvalue weighted by Gasteiger charge is 2.19. The molecular weight excluding hydrogens is 348 g/mol. The van der Waals surface area contributed by atoms with Crippen LogP contribution in [0.3, 0.4) is 0 Å².